The highest BCUT2D eigenvalue weighted by Gasteiger charge is 2.42. The fourth-order valence-electron chi connectivity index (χ4n) is 8.49. The second-order valence-electron chi connectivity index (χ2n) is 14.1. The molecule has 2 bridgehead atoms. The van der Waals surface area contributed by atoms with E-state index in [1.165, 1.54) is 25.7 Å². The van der Waals surface area contributed by atoms with E-state index in [-0.39, 0.29) is 24.0 Å². The second kappa shape index (κ2) is 13.4. The number of halogens is 1. The van der Waals surface area contributed by atoms with Crippen LogP contribution in [0.1, 0.15) is 54.5 Å². The smallest absolute Gasteiger partial charge is 0.322 e. The number of amides is 5. The number of carbonyl (C=O) groups is 3. The summed E-state index contributed by atoms with van der Waals surface area (Å²) in [6.07, 6.45) is 6.73. The van der Waals surface area contributed by atoms with E-state index >= 15 is 0 Å². The molecule has 13 heteroatoms. The predicted octanol–water partition coefficient (Wildman–Crippen LogP) is 4.19. The SMILES string of the molecule is Cc1cc(C[C@@H](NC(=O)N2CCC(N3Cc4sccc4NC3=O)CC2)C(=O)N2CCN(C3CC4CCC(C3)N4C)CC2)cc(Cl)c1N. The number of benzene rings is 1. The van der Waals surface area contributed by atoms with Gasteiger partial charge in [0.25, 0.3) is 0 Å². The fourth-order valence-corrected chi connectivity index (χ4v) is 9.61. The number of urea groups is 2. The van der Waals surface area contributed by atoms with Gasteiger partial charge in [0.1, 0.15) is 6.04 Å². The molecule has 47 heavy (non-hydrogen) atoms. The molecule has 4 N–H and O–H groups in total. The Bertz CT molecular complexity index is 1470. The van der Waals surface area contributed by atoms with Crippen molar-refractivity contribution in [2.75, 3.05) is 57.4 Å². The van der Waals surface area contributed by atoms with E-state index in [1.807, 2.05) is 34.2 Å². The highest BCUT2D eigenvalue weighted by molar-refractivity contribution is 7.10. The number of aryl methyl sites for hydroxylation is 1. The highest BCUT2D eigenvalue weighted by atomic mass is 35.5. The normalized spacial score (nSPS) is 26.2. The number of hydrogen-bond donors (Lipinski definition) is 3. The Morgan fingerprint density at radius 3 is 2.38 bits per heavy atom. The lowest BCUT2D eigenvalue weighted by Gasteiger charge is -2.45. The first-order valence-corrected chi connectivity index (χ1v) is 18.4. The van der Waals surface area contributed by atoms with Gasteiger partial charge in [-0.1, -0.05) is 17.7 Å². The van der Waals surface area contributed by atoms with Crippen molar-refractivity contribution in [3.8, 4) is 0 Å². The average Bonchev–Trinajstić information content (AvgIpc) is 3.59. The van der Waals surface area contributed by atoms with Gasteiger partial charge in [0.15, 0.2) is 0 Å². The van der Waals surface area contributed by atoms with Crippen molar-refractivity contribution in [3.05, 3.63) is 44.6 Å². The minimum Gasteiger partial charge on any atom is -0.397 e. The first-order valence-electron chi connectivity index (χ1n) is 17.1. The highest BCUT2D eigenvalue weighted by Crippen LogP contribution is 2.37. The molecule has 3 atom stereocenters. The summed E-state index contributed by atoms with van der Waals surface area (Å²) in [4.78, 5) is 52.5. The Labute approximate surface area is 286 Å². The summed E-state index contributed by atoms with van der Waals surface area (Å²) in [5, 5.41) is 8.56. The monoisotopic (exact) mass is 682 g/mol. The third kappa shape index (κ3) is 6.66. The predicted molar refractivity (Wildman–Crippen MR) is 186 cm³/mol. The molecule has 11 nitrogen and oxygen atoms in total. The molecule has 1 aromatic heterocycles. The molecule has 0 radical (unpaired) electrons. The summed E-state index contributed by atoms with van der Waals surface area (Å²) in [5.41, 5.74) is 9.26. The molecule has 5 aliphatic rings. The van der Waals surface area contributed by atoms with Gasteiger partial charge in [0.05, 0.1) is 22.9 Å². The van der Waals surface area contributed by atoms with Crippen LogP contribution in [0.5, 0.6) is 0 Å². The summed E-state index contributed by atoms with van der Waals surface area (Å²) in [5.74, 6) is -0.0568. The van der Waals surface area contributed by atoms with Gasteiger partial charge < -0.3 is 36.0 Å². The van der Waals surface area contributed by atoms with E-state index < -0.39 is 6.04 Å². The maximum atomic E-state index is 14.1. The molecule has 4 fully saturated rings. The van der Waals surface area contributed by atoms with Crippen LogP contribution in [-0.2, 0) is 17.8 Å². The van der Waals surface area contributed by atoms with Gasteiger partial charge in [-0.05, 0) is 81.1 Å². The molecule has 1 aromatic carbocycles. The summed E-state index contributed by atoms with van der Waals surface area (Å²) < 4.78 is 0. The summed E-state index contributed by atoms with van der Waals surface area (Å²) in [7, 11) is 2.27. The van der Waals surface area contributed by atoms with Gasteiger partial charge in [-0.3, -0.25) is 9.69 Å². The summed E-state index contributed by atoms with van der Waals surface area (Å²) >= 11 is 8.08. The van der Waals surface area contributed by atoms with Crippen LogP contribution in [0.15, 0.2) is 23.6 Å². The lowest BCUT2D eigenvalue weighted by atomic mass is 9.96. The molecule has 0 spiro atoms. The molecule has 0 saturated carbocycles. The minimum absolute atomic E-state index is 0.0568. The van der Waals surface area contributed by atoms with Crippen molar-refractivity contribution < 1.29 is 14.4 Å². The number of piperazine rings is 1. The lowest BCUT2D eigenvalue weighted by Crippen LogP contribution is -2.60. The van der Waals surface area contributed by atoms with Crippen LogP contribution in [0.4, 0.5) is 21.0 Å². The van der Waals surface area contributed by atoms with Crippen LogP contribution in [0.25, 0.3) is 0 Å². The van der Waals surface area contributed by atoms with E-state index in [0.717, 1.165) is 34.8 Å². The Morgan fingerprint density at radius 1 is 1.00 bits per heavy atom. The number of anilines is 2. The van der Waals surface area contributed by atoms with E-state index in [1.54, 1.807) is 22.3 Å². The number of fused-ring (bicyclic) bond motifs is 3. The summed E-state index contributed by atoms with van der Waals surface area (Å²) in [6.45, 7) is 6.57. The van der Waals surface area contributed by atoms with Crippen LogP contribution >= 0.6 is 22.9 Å². The Kier molecular flexibility index (Phi) is 9.30. The number of likely N-dealkylation sites (tertiary alicyclic amines) is 1. The Morgan fingerprint density at radius 2 is 1.70 bits per heavy atom. The molecular formula is C34H47ClN8O3S. The van der Waals surface area contributed by atoms with Gasteiger partial charge in [-0.15, -0.1) is 11.3 Å². The quantitative estimate of drug-likeness (QED) is 0.394. The van der Waals surface area contributed by atoms with Crippen molar-refractivity contribution in [3.63, 3.8) is 0 Å². The first kappa shape index (κ1) is 32.5. The minimum atomic E-state index is -0.727. The van der Waals surface area contributed by atoms with Crippen molar-refractivity contribution in [2.24, 2.45) is 0 Å². The average molecular weight is 683 g/mol. The Hall–Kier alpha value is -3.06. The number of nitrogens with two attached hydrogens (primary N) is 1. The van der Waals surface area contributed by atoms with Crippen molar-refractivity contribution >= 4 is 52.3 Å². The molecule has 254 valence electrons. The number of hydrogen-bond acceptors (Lipinski definition) is 7. The van der Waals surface area contributed by atoms with Gasteiger partial charge in [0.2, 0.25) is 5.91 Å². The number of nitrogen functional groups attached to an aromatic ring is 1. The van der Waals surface area contributed by atoms with Crippen molar-refractivity contribution in [2.45, 2.75) is 88.6 Å². The van der Waals surface area contributed by atoms with Crippen LogP contribution in [0.2, 0.25) is 5.02 Å². The molecule has 5 amide bonds. The van der Waals surface area contributed by atoms with E-state index in [4.69, 9.17) is 17.3 Å². The zero-order valence-corrected chi connectivity index (χ0v) is 29.0. The number of rotatable bonds is 6. The van der Waals surface area contributed by atoms with Gasteiger partial charge >= 0.3 is 12.1 Å². The van der Waals surface area contributed by atoms with E-state index in [2.05, 4.69) is 27.5 Å². The van der Waals surface area contributed by atoms with Crippen molar-refractivity contribution in [1.82, 2.24) is 29.8 Å². The molecule has 6 heterocycles. The van der Waals surface area contributed by atoms with E-state index in [9.17, 15) is 14.4 Å². The number of thiophene rings is 1. The maximum Gasteiger partial charge on any atom is 0.322 e. The zero-order chi connectivity index (χ0) is 32.8. The van der Waals surface area contributed by atoms with Gasteiger partial charge in [0, 0.05) is 74.7 Å². The lowest BCUT2D eigenvalue weighted by molar-refractivity contribution is -0.135. The molecular weight excluding hydrogens is 636 g/mol. The van der Waals surface area contributed by atoms with Crippen LogP contribution in [-0.4, -0.2) is 119 Å². The molecule has 5 aliphatic heterocycles. The fraction of sp³-hybridized carbons (Fsp3) is 0.618. The van der Waals surface area contributed by atoms with Gasteiger partial charge in [-0.25, -0.2) is 9.59 Å². The maximum absolute atomic E-state index is 14.1. The zero-order valence-electron chi connectivity index (χ0n) is 27.4. The van der Waals surface area contributed by atoms with Gasteiger partial charge in [-0.2, -0.15) is 0 Å². The van der Waals surface area contributed by atoms with Crippen LogP contribution in [0, 0.1) is 6.92 Å². The number of nitrogens with one attached hydrogen (secondary N) is 2. The topological polar surface area (TPSA) is 117 Å². The molecule has 2 unspecified atom stereocenters. The van der Waals surface area contributed by atoms with Crippen molar-refractivity contribution in [1.29, 1.82) is 0 Å². The number of nitrogens with zero attached hydrogens (tertiary/aromatic N) is 5. The number of piperidine rings is 2. The second-order valence-corrected chi connectivity index (χ2v) is 15.5. The standard InChI is InChI=1S/C34H47ClN8O3S/c1-21-15-22(16-27(35)31(21)36)17-29(32(44)41-12-10-40(11-13-41)26-18-24-3-4-25(19-26)39(24)2)38-33(45)42-8-5-23(6-9-42)43-20-30-28(7-14-47-30)37-34(43)46/h7,14-16,23-26,29H,3-6,8-13,17-20,36H2,1-2H3,(H,37,46)(H,38,45)/t24?,25?,26?,29-/m1/s1. The third-order valence-corrected chi connectivity index (χ3v) is 12.6. The first-order chi connectivity index (χ1) is 22.6. The molecule has 2 aromatic rings. The van der Waals surface area contributed by atoms with E-state index in [0.29, 0.717) is 80.8 Å². The Balaban J connectivity index is 0.988. The summed E-state index contributed by atoms with van der Waals surface area (Å²) in [6, 6.07) is 6.66. The van der Waals surface area contributed by atoms with Crippen LogP contribution < -0.4 is 16.4 Å². The number of carbonyl (C=O) groups excluding carboxylic acids is 3. The molecule has 4 saturated heterocycles. The molecule has 0 aliphatic carbocycles. The van der Waals surface area contributed by atoms with Crippen LogP contribution in [0.3, 0.4) is 0 Å². The largest absolute Gasteiger partial charge is 0.397 e. The third-order valence-electron chi connectivity index (χ3n) is 11.4. The molecule has 7 rings (SSSR count).